The maximum Gasteiger partial charge on any atom is 0.572 e. The molecule has 1 aliphatic rings. The summed E-state index contributed by atoms with van der Waals surface area (Å²) >= 11 is 0. The number of nitrogens with zero attached hydrogens (tertiary/aromatic N) is 6. The minimum atomic E-state index is 0.0793. The van der Waals surface area contributed by atoms with Crippen molar-refractivity contribution in [3.05, 3.63) is 103 Å². The van der Waals surface area contributed by atoms with Crippen LogP contribution in [0.3, 0.4) is 0 Å². The van der Waals surface area contributed by atoms with E-state index < -0.39 is 0 Å². The molecule has 0 bridgehead atoms. The normalized spacial score (nSPS) is 14.0. The smallest absolute Gasteiger partial charge is 0.457 e. The Kier molecular flexibility index (Phi) is 6.92. The number of anilines is 1. The first kappa shape index (κ1) is 25.9. The Hall–Kier alpha value is -4.33. The summed E-state index contributed by atoms with van der Waals surface area (Å²) in [6.45, 7) is 0.223. The molecule has 0 saturated carbocycles. The highest BCUT2D eigenvalue weighted by Crippen LogP contribution is 2.35. The fourth-order valence-corrected chi connectivity index (χ4v) is 5.77. The lowest BCUT2D eigenvalue weighted by Crippen LogP contribution is -2.66. The molecule has 0 saturated heterocycles. The number of fused-ring (bicyclic) bond motifs is 3. The van der Waals surface area contributed by atoms with Crippen molar-refractivity contribution in [2.45, 2.75) is 0 Å². The molecule has 0 amide bonds. The minimum absolute atomic E-state index is 0.0793. The van der Waals surface area contributed by atoms with Gasteiger partial charge >= 0.3 is 13.7 Å². The van der Waals surface area contributed by atoms with E-state index in [9.17, 15) is 0 Å². The largest absolute Gasteiger partial charge is 0.572 e. The number of rotatable bonds is 6. The van der Waals surface area contributed by atoms with E-state index >= 15 is 0 Å². The van der Waals surface area contributed by atoms with Crippen LogP contribution in [-0.4, -0.2) is 78.9 Å². The van der Waals surface area contributed by atoms with Crippen LogP contribution in [-0.2, 0) is 0 Å². The zero-order valence-corrected chi connectivity index (χ0v) is 23.6. The van der Waals surface area contributed by atoms with Crippen molar-refractivity contribution in [2.75, 3.05) is 40.0 Å². The molecule has 198 valence electrons. The lowest BCUT2D eigenvalue weighted by Gasteiger charge is -2.33. The second kappa shape index (κ2) is 10.7. The van der Waals surface area contributed by atoms with Crippen molar-refractivity contribution in [3.8, 4) is 17.3 Å². The summed E-state index contributed by atoms with van der Waals surface area (Å²) in [5.41, 5.74) is 3.24. The number of benzene rings is 3. The third-order valence-corrected chi connectivity index (χ3v) is 7.47. The molecule has 6 rings (SSSR count). The van der Waals surface area contributed by atoms with E-state index in [0.717, 1.165) is 34.0 Å². The van der Waals surface area contributed by atoms with Crippen LogP contribution in [0.2, 0.25) is 0 Å². The predicted molar refractivity (Wildman–Crippen MR) is 168 cm³/mol. The van der Waals surface area contributed by atoms with Crippen LogP contribution in [0.5, 0.6) is 11.5 Å². The van der Waals surface area contributed by atoms with E-state index in [4.69, 9.17) is 4.74 Å². The van der Waals surface area contributed by atoms with Gasteiger partial charge < -0.3 is 18.8 Å². The molecular weight excluding hydrogens is 494 g/mol. The third kappa shape index (κ3) is 4.68. The fraction of sp³-hybridized carbons (Fsp3) is 0.161. The van der Waals surface area contributed by atoms with Crippen LogP contribution < -0.4 is 9.55 Å². The fourth-order valence-electron chi connectivity index (χ4n) is 5.77. The Labute approximate surface area is 236 Å². The number of ether oxygens (including phenoxy) is 1. The molecule has 1 aliphatic heterocycles. The van der Waals surface area contributed by atoms with Crippen molar-refractivity contribution in [3.63, 3.8) is 0 Å². The predicted octanol–water partition coefficient (Wildman–Crippen LogP) is 5.20. The molecule has 7 nitrogen and oxygen atoms in total. The molecule has 0 atom stereocenters. The summed E-state index contributed by atoms with van der Waals surface area (Å²) < 4.78 is 10.9. The molecule has 5 aromatic rings. The summed E-state index contributed by atoms with van der Waals surface area (Å²) in [6.07, 6.45) is 8.19. The van der Waals surface area contributed by atoms with Gasteiger partial charge in [-0.1, -0.05) is 30.3 Å². The van der Waals surface area contributed by atoms with Gasteiger partial charge in [-0.15, -0.1) is 0 Å². The van der Waals surface area contributed by atoms with E-state index in [1.807, 2.05) is 36.5 Å². The van der Waals surface area contributed by atoms with Crippen molar-refractivity contribution in [2.24, 2.45) is 0 Å². The molecular formula is C31H33B2N6O+. The molecule has 3 heterocycles. The number of hydrogen-bond acceptors (Lipinski definition) is 5. The van der Waals surface area contributed by atoms with Crippen LogP contribution in [0.4, 0.5) is 5.69 Å². The van der Waals surface area contributed by atoms with Gasteiger partial charge in [0.1, 0.15) is 30.6 Å². The van der Waals surface area contributed by atoms with Crippen LogP contribution in [0.1, 0.15) is 0 Å². The van der Waals surface area contributed by atoms with Gasteiger partial charge in [0.25, 0.3) is 0 Å². The van der Waals surface area contributed by atoms with E-state index in [0.29, 0.717) is 0 Å². The Bertz CT molecular complexity index is 1730. The molecule has 0 fully saturated rings. The molecule has 9 heteroatoms. The topological polar surface area (TPSA) is 39.8 Å². The van der Waals surface area contributed by atoms with Crippen LogP contribution in [0.25, 0.3) is 27.6 Å². The number of aromatic nitrogens is 2. The minimum Gasteiger partial charge on any atom is -0.457 e. The molecule has 2 aromatic heterocycles. The summed E-state index contributed by atoms with van der Waals surface area (Å²) in [5, 5.41) is 2.36. The Balaban J connectivity index is 1.38. The molecule has 0 aliphatic carbocycles. The quantitative estimate of drug-likeness (QED) is 0.284. The zero-order valence-electron chi connectivity index (χ0n) is 23.6. The van der Waals surface area contributed by atoms with Gasteiger partial charge in [0, 0.05) is 40.9 Å². The second-order valence-corrected chi connectivity index (χ2v) is 10.6. The Morgan fingerprint density at radius 3 is 2.33 bits per heavy atom. The van der Waals surface area contributed by atoms with E-state index in [1.54, 1.807) is 0 Å². The monoisotopic (exact) mass is 527 g/mol. The average Bonchev–Trinajstić information content (AvgIpc) is 3.16. The van der Waals surface area contributed by atoms with Crippen molar-refractivity contribution < 1.29 is 9.22 Å². The molecule has 0 N–H and O–H groups in total. The first-order valence-electron chi connectivity index (χ1n) is 13.5. The van der Waals surface area contributed by atoms with Gasteiger partial charge in [0.05, 0.1) is 11.0 Å². The van der Waals surface area contributed by atoms with Gasteiger partial charge in [-0.2, -0.15) is 0 Å². The van der Waals surface area contributed by atoms with Gasteiger partial charge in [0.2, 0.25) is 0 Å². The summed E-state index contributed by atoms with van der Waals surface area (Å²) in [6, 6.07) is 29.0. The first-order chi connectivity index (χ1) is 19.4. The SMILES string of the molecule is CN(C)B1B(N(C)C)[N+](C)=CC=CN1c1cccc(Oc2ccc3c4ccccc4n(-c4ccccn4)c3c2)c1. The second-order valence-electron chi connectivity index (χ2n) is 10.6. The molecule has 3 aromatic carbocycles. The van der Waals surface area contributed by atoms with Crippen LogP contribution in [0, 0.1) is 0 Å². The number of para-hydroxylation sites is 1. The maximum absolute atomic E-state index is 6.50. The maximum atomic E-state index is 6.50. The van der Waals surface area contributed by atoms with Gasteiger partial charge in [0.15, 0.2) is 0 Å². The third-order valence-electron chi connectivity index (χ3n) is 7.47. The molecule has 0 unspecified atom stereocenters. The molecule has 0 radical (unpaired) electrons. The molecule has 40 heavy (non-hydrogen) atoms. The Morgan fingerprint density at radius 2 is 1.55 bits per heavy atom. The van der Waals surface area contributed by atoms with Crippen LogP contribution >= 0.6 is 0 Å². The summed E-state index contributed by atoms with van der Waals surface area (Å²) in [5.74, 6) is 2.44. The van der Waals surface area contributed by atoms with Gasteiger partial charge in [-0.05, 0) is 76.9 Å². The zero-order chi connectivity index (χ0) is 27.8. The van der Waals surface area contributed by atoms with Crippen LogP contribution in [0.15, 0.2) is 103 Å². The number of pyridine rings is 1. The van der Waals surface area contributed by atoms with Crippen molar-refractivity contribution >= 4 is 47.5 Å². The summed E-state index contributed by atoms with van der Waals surface area (Å²) in [4.78, 5) is 11.5. The Morgan fingerprint density at radius 1 is 0.775 bits per heavy atom. The lowest BCUT2D eigenvalue weighted by molar-refractivity contribution is -0.350. The highest BCUT2D eigenvalue weighted by molar-refractivity contribution is 7.18. The first-order valence-corrected chi connectivity index (χ1v) is 13.5. The van der Waals surface area contributed by atoms with E-state index in [-0.39, 0.29) is 13.7 Å². The van der Waals surface area contributed by atoms with E-state index in [2.05, 4.69) is 137 Å². The van der Waals surface area contributed by atoms with Gasteiger partial charge in [-0.3, -0.25) is 9.38 Å². The highest BCUT2D eigenvalue weighted by Gasteiger charge is 2.51. The van der Waals surface area contributed by atoms with Gasteiger partial charge in [-0.25, -0.2) is 4.98 Å². The van der Waals surface area contributed by atoms with E-state index in [1.165, 1.54) is 10.8 Å². The standard InChI is InChI=1S/C31H33B2N6O/c1-35(2)32-33(36(3)4)38(21-11-20-37(32)5)24-12-10-13-25(22-24)40-26-17-18-28-27-14-6-7-15-29(27)39(30(28)23-26)31-16-8-9-19-34-31/h6-23H,1-5H3/q+1. The average molecular weight is 527 g/mol. The number of allylic oxidation sites excluding steroid dienone is 1. The summed E-state index contributed by atoms with van der Waals surface area (Å²) in [7, 11) is 10.6. The van der Waals surface area contributed by atoms with Crippen molar-refractivity contribution in [1.29, 1.82) is 0 Å². The van der Waals surface area contributed by atoms with Crippen molar-refractivity contribution in [1.82, 2.24) is 19.2 Å². The molecule has 0 spiro atoms. The highest BCUT2D eigenvalue weighted by atomic mass is 16.5. The lowest BCUT2D eigenvalue weighted by atomic mass is 9.31. The number of hydrogen-bond donors (Lipinski definition) is 0.